The molecule has 1 heterocycles. The van der Waals surface area contributed by atoms with Crippen molar-refractivity contribution in [1.29, 1.82) is 0 Å². The van der Waals surface area contributed by atoms with Crippen LogP contribution in [0.25, 0.3) is 10.8 Å². The Morgan fingerprint density at radius 1 is 1.12 bits per heavy atom. The Balaban J connectivity index is 1.98. The van der Waals surface area contributed by atoms with Crippen molar-refractivity contribution < 1.29 is 9.53 Å². The summed E-state index contributed by atoms with van der Waals surface area (Å²) in [4.78, 5) is 25.3. The SMILES string of the molecule is COCCn1ccc2c(NC(=O)c3cc(C)ccc3C)cccc2c1=O. The van der Waals surface area contributed by atoms with Gasteiger partial charge in [0.1, 0.15) is 0 Å². The molecule has 134 valence electrons. The van der Waals surface area contributed by atoms with Crippen LogP contribution in [0.3, 0.4) is 0 Å². The summed E-state index contributed by atoms with van der Waals surface area (Å²) in [6.45, 7) is 4.82. The highest BCUT2D eigenvalue weighted by Gasteiger charge is 2.12. The predicted octanol–water partition coefficient (Wildman–Crippen LogP) is 3.52. The maximum atomic E-state index is 12.7. The topological polar surface area (TPSA) is 60.3 Å². The molecule has 0 aliphatic rings. The molecule has 5 heteroatoms. The minimum Gasteiger partial charge on any atom is -0.383 e. The number of ether oxygens (including phenoxy) is 1. The third-order valence-electron chi connectivity index (χ3n) is 4.44. The first kappa shape index (κ1) is 17.9. The van der Waals surface area contributed by atoms with Gasteiger partial charge in [0.2, 0.25) is 0 Å². The van der Waals surface area contributed by atoms with Gasteiger partial charge in [-0.2, -0.15) is 0 Å². The van der Waals surface area contributed by atoms with Crippen LogP contribution in [0.5, 0.6) is 0 Å². The van der Waals surface area contributed by atoms with Crippen molar-refractivity contribution in [3.63, 3.8) is 0 Å². The van der Waals surface area contributed by atoms with Crippen molar-refractivity contribution in [2.24, 2.45) is 0 Å². The molecular formula is C21H22N2O3. The predicted molar refractivity (Wildman–Crippen MR) is 104 cm³/mol. The van der Waals surface area contributed by atoms with E-state index in [2.05, 4.69) is 5.32 Å². The molecule has 0 fully saturated rings. The second-order valence-corrected chi connectivity index (χ2v) is 6.35. The molecule has 0 radical (unpaired) electrons. The summed E-state index contributed by atoms with van der Waals surface area (Å²) >= 11 is 0. The van der Waals surface area contributed by atoms with E-state index in [1.165, 1.54) is 0 Å². The zero-order chi connectivity index (χ0) is 18.7. The molecule has 5 nitrogen and oxygen atoms in total. The normalized spacial score (nSPS) is 10.9. The van der Waals surface area contributed by atoms with Crippen molar-refractivity contribution >= 4 is 22.4 Å². The van der Waals surface area contributed by atoms with Crippen LogP contribution in [0, 0.1) is 13.8 Å². The largest absolute Gasteiger partial charge is 0.383 e. The smallest absolute Gasteiger partial charge is 0.258 e. The summed E-state index contributed by atoms with van der Waals surface area (Å²) in [5.41, 5.74) is 3.11. The number of hydrogen-bond acceptors (Lipinski definition) is 3. The van der Waals surface area contributed by atoms with E-state index in [9.17, 15) is 9.59 Å². The molecule has 0 bridgehead atoms. The monoisotopic (exact) mass is 350 g/mol. The second-order valence-electron chi connectivity index (χ2n) is 6.35. The fourth-order valence-corrected chi connectivity index (χ4v) is 2.96. The molecule has 0 spiro atoms. The highest BCUT2D eigenvalue weighted by atomic mass is 16.5. The maximum Gasteiger partial charge on any atom is 0.258 e. The summed E-state index contributed by atoms with van der Waals surface area (Å²) in [6.07, 6.45) is 1.73. The molecular weight excluding hydrogens is 328 g/mol. The van der Waals surface area contributed by atoms with E-state index in [0.29, 0.717) is 29.8 Å². The van der Waals surface area contributed by atoms with Gasteiger partial charge in [-0.1, -0.05) is 23.8 Å². The van der Waals surface area contributed by atoms with Crippen LogP contribution < -0.4 is 10.9 Å². The third-order valence-corrected chi connectivity index (χ3v) is 4.44. The first-order valence-electron chi connectivity index (χ1n) is 8.51. The third kappa shape index (κ3) is 3.53. The van der Waals surface area contributed by atoms with Gasteiger partial charge in [0.15, 0.2) is 0 Å². The summed E-state index contributed by atoms with van der Waals surface area (Å²) in [5.74, 6) is -0.178. The molecule has 0 atom stereocenters. The Morgan fingerprint density at radius 2 is 1.92 bits per heavy atom. The lowest BCUT2D eigenvalue weighted by Gasteiger charge is -2.12. The quantitative estimate of drug-likeness (QED) is 0.766. The van der Waals surface area contributed by atoms with Gasteiger partial charge in [-0.25, -0.2) is 0 Å². The number of aryl methyl sites for hydroxylation is 2. The second kappa shape index (κ2) is 7.54. The molecule has 0 unspecified atom stereocenters. The molecule has 3 rings (SSSR count). The van der Waals surface area contributed by atoms with E-state index in [1.807, 2.05) is 44.2 Å². The van der Waals surface area contributed by atoms with Gasteiger partial charge in [-0.15, -0.1) is 0 Å². The van der Waals surface area contributed by atoms with Crippen LogP contribution in [0.1, 0.15) is 21.5 Å². The van der Waals surface area contributed by atoms with Crippen molar-refractivity contribution in [2.45, 2.75) is 20.4 Å². The minimum absolute atomic E-state index is 0.0950. The van der Waals surface area contributed by atoms with Crippen LogP contribution >= 0.6 is 0 Å². The zero-order valence-corrected chi connectivity index (χ0v) is 15.2. The van der Waals surface area contributed by atoms with Gasteiger partial charge < -0.3 is 14.6 Å². The van der Waals surface area contributed by atoms with E-state index in [1.54, 1.807) is 30.0 Å². The molecule has 0 aliphatic carbocycles. The van der Waals surface area contributed by atoms with E-state index < -0.39 is 0 Å². The summed E-state index contributed by atoms with van der Waals surface area (Å²) in [6, 6.07) is 13.0. The van der Waals surface area contributed by atoms with Crippen molar-refractivity contribution in [2.75, 3.05) is 19.0 Å². The van der Waals surface area contributed by atoms with Gasteiger partial charge in [0, 0.05) is 41.9 Å². The van der Waals surface area contributed by atoms with Crippen LogP contribution in [-0.2, 0) is 11.3 Å². The summed E-state index contributed by atoms with van der Waals surface area (Å²) in [7, 11) is 1.60. The van der Waals surface area contributed by atoms with Gasteiger partial charge in [0.05, 0.1) is 6.61 Å². The number of pyridine rings is 1. The van der Waals surface area contributed by atoms with Gasteiger partial charge in [0.25, 0.3) is 11.5 Å². The lowest BCUT2D eigenvalue weighted by Crippen LogP contribution is -2.22. The van der Waals surface area contributed by atoms with E-state index >= 15 is 0 Å². The molecule has 1 N–H and O–H groups in total. The van der Waals surface area contributed by atoms with Crippen LogP contribution in [0.4, 0.5) is 5.69 Å². The molecule has 3 aromatic rings. The number of benzene rings is 2. The fourth-order valence-electron chi connectivity index (χ4n) is 2.96. The maximum absolute atomic E-state index is 12.7. The number of methoxy groups -OCH3 is 1. The van der Waals surface area contributed by atoms with Crippen LogP contribution in [-0.4, -0.2) is 24.2 Å². The lowest BCUT2D eigenvalue weighted by molar-refractivity contribution is 0.102. The average molecular weight is 350 g/mol. The Labute approximate surface area is 152 Å². The van der Waals surface area contributed by atoms with Crippen LogP contribution in [0.2, 0.25) is 0 Å². The van der Waals surface area contributed by atoms with Crippen LogP contribution in [0.15, 0.2) is 53.5 Å². The first-order valence-corrected chi connectivity index (χ1v) is 8.51. The standard InChI is InChI=1S/C21H22N2O3/c1-14-7-8-15(2)18(13-14)20(24)22-19-6-4-5-17-16(19)9-10-23(21(17)25)11-12-26-3/h4-10,13H,11-12H2,1-3H3,(H,22,24). The first-order chi connectivity index (χ1) is 12.5. The Morgan fingerprint density at radius 3 is 2.69 bits per heavy atom. The zero-order valence-electron chi connectivity index (χ0n) is 15.2. The summed E-state index contributed by atoms with van der Waals surface area (Å²) in [5, 5.41) is 4.25. The number of nitrogens with one attached hydrogen (secondary N) is 1. The number of nitrogens with zero attached hydrogens (tertiary/aromatic N) is 1. The molecule has 26 heavy (non-hydrogen) atoms. The van der Waals surface area contributed by atoms with Gasteiger partial charge in [-0.05, 0) is 43.7 Å². The number of rotatable bonds is 5. The Bertz CT molecular complexity index is 1020. The van der Waals surface area contributed by atoms with Crippen molar-refractivity contribution in [3.05, 3.63) is 75.7 Å². The van der Waals surface area contributed by atoms with E-state index in [-0.39, 0.29) is 11.5 Å². The fraction of sp³-hybridized carbons (Fsp3) is 0.238. The van der Waals surface area contributed by atoms with Crippen molar-refractivity contribution in [1.82, 2.24) is 4.57 Å². The molecule has 0 aliphatic heterocycles. The Hall–Kier alpha value is -2.92. The highest BCUT2D eigenvalue weighted by molar-refractivity contribution is 6.09. The molecule has 0 saturated carbocycles. The minimum atomic E-state index is -0.178. The van der Waals surface area contributed by atoms with Gasteiger partial charge >= 0.3 is 0 Å². The number of aromatic nitrogens is 1. The number of amides is 1. The Kier molecular flexibility index (Phi) is 5.19. The average Bonchev–Trinajstić information content (AvgIpc) is 2.63. The molecule has 0 saturated heterocycles. The molecule has 1 amide bonds. The number of anilines is 1. The molecule has 1 aromatic heterocycles. The number of carbonyl (C=O) groups is 1. The van der Waals surface area contributed by atoms with Gasteiger partial charge in [-0.3, -0.25) is 9.59 Å². The lowest BCUT2D eigenvalue weighted by atomic mass is 10.0. The highest BCUT2D eigenvalue weighted by Crippen LogP contribution is 2.22. The number of fused-ring (bicyclic) bond motifs is 1. The van der Waals surface area contributed by atoms with Crippen molar-refractivity contribution in [3.8, 4) is 0 Å². The van der Waals surface area contributed by atoms with E-state index in [0.717, 1.165) is 16.5 Å². The summed E-state index contributed by atoms with van der Waals surface area (Å²) < 4.78 is 6.66. The van der Waals surface area contributed by atoms with E-state index in [4.69, 9.17) is 4.74 Å². The number of carbonyl (C=O) groups excluding carboxylic acids is 1. The molecule has 2 aromatic carbocycles. The number of hydrogen-bond donors (Lipinski definition) is 1.